The van der Waals surface area contributed by atoms with Gasteiger partial charge in [-0.15, -0.1) is 0 Å². The summed E-state index contributed by atoms with van der Waals surface area (Å²) >= 11 is 0. The van der Waals surface area contributed by atoms with Gasteiger partial charge in [0, 0.05) is 61.2 Å². The van der Waals surface area contributed by atoms with Crippen LogP contribution in [0.2, 0.25) is 0 Å². The number of nitrogens with zero attached hydrogens (tertiary/aromatic N) is 8. The highest BCUT2D eigenvalue weighted by atomic mass is 19.3. The number of aromatic amines is 1. The van der Waals surface area contributed by atoms with Gasteiger partial charge in [0.2, 0.25) is 0 Å². The van der Waals surface area contributed by atoms with Crippen molar-refractivity contribution in [3.8, 4) is 17.3 Å². The van der Waals surface area contributed by atoms with E-state index in [1.807, 2.05) is 43.4 Å². The third kappa shape index (κ3) is 5.47. The van der Waals surface area contributed by atoms with Gasteiger partial charge in [0.1, 0.15) is 29.8 Å². The number of halogens is 3. The highest BCUT2D eigenvalue weighted by Crippen LogP contribution is 2.46. The van der Waals surface area contributed by atoms with E-state index in [9.17, 15) is 18.0 Å². The first-order chi connectivity index (χ1) is 25.3. The molecule has 280 valence electrons. The lowest BCUT2D eigenvalue weighted by atomic mass is 9.94. The number of rotatable bonds is 6. The Bertz CT molecular complexity index is 2250. The zero-order valence-electron chi connectivity index (χ0n) is 30.6. The molecule has 2 bridgehead atoms. The van der Waals surface area contributed by atoms with Crippen molar-refractivity contribution in [3.05, 3.63) is 35.7 Å². The SMILES string of the molecule is Cc1cc2[nH]ncc2c(-c2nccc3c4c(N5C[C@H]6CC[C@@H](C5)N6C(=O)OC(C)(C)C)nc(OC[C@@]56CCCN5C[C@H](F)C6)nc4n(C)c23)c1C(F)F. The minimum atomic E-state index is -2.75. The van der Waals surface area contributed by atoms with Crippen LogP contribution in [0.4, 0.5) is 23.8 Å². The van der Waals surface area contributed by atoms with Crippen molar-refractivity contribution in [1.82, 2.24) is 39.5 Å². The van der Waals surface area contributed by atoms with E-state index in [1.54, 1.807) is 25.4 Å². The minimum absolute atomic E-state index is 0.0913. The van der Waals surface area contributed by atoms with Crippen molar-refractivity contribution < 1.29 is 27.4 Å². The number of anilines is 1. The Morgan fingerprint density at radius 3 is 2.64 bits per heavy atom. The van der Waals surface area contributed by atoms with Crippen molar-refractivity contribution in [3.63, 3.8) is 0 Å². The number of amides is 1. The number of pyridine rings is 1. The molecule has 1 aromatic carbocycles. The van der Waals surface area contributed by atoms with Crippen LogP contribution in [0, 0.1) is 6.92 Å². The fourth-order valence-corrected chi connectivity index (χ4v) is 9.59. The zero-order chi connectivity index (χ0) is 37.0. The molecule has 5 aromatic rings. The minimum Gasteiger partial charge on any atom is -0.461 e. The number of carbonyl (C=O) groups is 1. The first kappa shape index (κ1) is 34.1. The maximum Gasteiger partial charge on any atom is 0.410 e. The average Bonchev–Trinajstić information content (AvgIpc) is 3.90. The second-order valence-corrected chi connectivity index (χ2v) is 16.3. The second kappa shape index (κ2) is 12.2. The van der Waals surface area contributed by atoms with Gasteiger partial charge >= 0.3 is 12.1 Å². The molecule has 0 spiro atoms. The van der Waals surface area contributed by atoms with Gasteiger partial charge in [-0.2, -0.15) is 15.1 Å². The number of fused-ring (bicyclic) bond motifs is 7. The molecule has 9 rings (SSSR count). The van der Waals surface area contributed by atoms with Crippen LogP contribution in [0.5, 0.6) is 6.01 Å². The topological polar surface area (TPSA) is 118 Å². The van der Waals surface area contributed by atoms with Crippen molar-refractivity contribution in [2.45, 2.75) is 95.6 Å². The number of alkyl halides is 3. The molecular weight excluding hydrogens is 687 g/mol. The average molecular weight is 732 g/mol. The number of piperazine rings is 1. The number of aromatic nitrogens is 6. The third-order valence-corrected chi connectivity index (χ3v) is 11.8. The fraction of sp³-hybridized carbons (Fsp3) is 0.553. The molecule has 15 heteroatoms. The first-order valence-electron chi connectivity index (χ1n) is 18.5. The van der Waals surface area contributed by atoms with Gasteiger partial charge in [0.05, 0.1) is 45.9 Å². The van der Waals surface area contributed by atoms with E-state index in [0.717, 1.165) is 43.0 Å². The van der Waals surface area contributed by atoms with E-state index >= 15 is 0 Å². The summed E-state index contributed by atoms with van der Waals surface area (Å²) in [5.74, 6) is 0.635. The van der Waals surface area contributed by atoms with E-state index in [-0.39, 0.29) is 36.4 Å². The van der Waals surface area contributed by atoms with Crippen LogP contribution in [0.3, 0.4) is 0 Å². The molecule has 53 heavy (non-hydrogen) atoms. The van der Waals surface area contributed by atoms with Crippen LogP contribution in [0.15, 0.2) is 24.5 Å². The molecule has 0 saturated carbocycles. The Kier molecular flexibility index (Phi) is 7.85. The van der Waals surface area contributed by atoms with Crippen molar-refractivity contribution in [1.29, 1.82) is 0 Å². The van der Waals surface area contributed by atoms with Gasteiger partial charge in [-0.05, 0) is 77.6 Å². The van der Waals surface area contributed by atoms with Gasteiger partial charge in [-0.1, -0.05) is 0 Å². The second-order valence-electron chi connectivity index (χ2n) is 16.3. The Morgan fingerprint density at radius 1 is 1.13 bits per heavy atom. The Morgan fingerprint density at radius 2 is 1.91 bits per heavy atom. The fourth-order valence-electron chi connectivity index (χ4n) is 9.59. The number of nitrogens with one attached hydrogen (secondary N) is 1. The van der Waals surface area contributed by atoms with Crippen LogP contribution in [0.25, 0.3) is 44.1 Å². The van der Waals surface area contributed by atoms with Crippen LogP contribution < -0.4 is 9.64 Å². The molecule has 0 aliphatic carbocycles. The summed E-state index contributed by atoms with van der Waals surface area (Å²) in [5.41, 5.74) is 1.83. The molecule has 4 aliphatic rings. The summed E-state index contributed by atoms with van der Waals surface area (Å²) in [6.07, 6.45) is 3.12. The number of hydrogen-bond acceptors (Lipinski definition) is 9. The smallest absolute Gasteiger partial charge is 0.410 e. The molecule has 12 nitrogen and oxygen atoms in total. The summed E-state index contributed by atoms with van der Waals surface area (Å²) in [6.45, 7) is 9.80. The Balaban J connectivity index is 1.20. The summed E-state index contributed by atoms with van der Waals surface area (Å²) in [7, 11) is 1.85. The van der Waals surface area contributed by atoms with Crippen molar-refractivity contribution >= 4 is 44.8 Å². The molecule has 4 aromatic heterocycles. The quantitative estimate of drug-likeness (QED) is 0.200. The number of aryl methyl sites for hydroxylation is 2. The van der Waals surface area contributed by atoms with E-state index in [1.165, 1.54) is 0 Å². The summed E-state index contributed by atoms with van der Waals surface area (Å²) in [5, 5.41) is 9.17. The van der Waals surface area contributed by atoms with Crippen LogP contribution in [0.1, 0.15) is 70.4 Å². The number of ether oxygens (including phenoxy) is 2. The monoisotopic (exact) mass is 731 g/mol. The summed E-state index contributed by atoms with van der Waals surface area (Å²) < 4.78 is 58.6. The molecular formula is C38H44F3N9O3. The summed E-state index contributed by atoms with van der Waals surface area (Å²) in [6, 6.07) is 3.55. The standard InChI is InChI=1S/C38H44F3N9O3/c1-20-13-26-25(15-43-46-26)28(27(20)32(40)41)30-31-24(9-11-42-30)29-33(47(31)5)44-35(52-19-38-10-6-12-49(38)16-21(39)14-38)45-34(29)48-17-22-7-8-23(18-48)50(22)36(51)53-37(2,3)4/h9,11,13,15,21-23,32H,6-8,10,12,14,16-19H2,1-5H3,(H,43,46)/t21-,22-,23+,38+/m1/s1. The number of H-pyrrole nitrogens is 1. The number of carbonyl (C=O) groups excluding carboxylic acids is 1. The van der Waals surface area contributed by atoms with E-state index < -0.39 is 23.7 Å². The molecule has 4 atom stereocenters. The largest absolute Gasteiger partial charge is 0.461 e. The van der Waals surface area contributed by atoms with Gasteiger partial charge in [0.15, 0.2) is 0 Å². The predicted octanol–water partition coefficient (Wildman–Crippen LogP) is 6.85. The molecule has 0 unspecified atom stereocenters. The van der Waals surface area contributed by atoms with Gasteiger partial charge in [0.25, 0.3) is 6.43 Å². The molecule has 1 N–H and O–H groups in total. The highest BCUT2D eigenvalue weighted by Gasteiger charge is 2.50. The highest BCUT2D eigenvalue weighted by molar-refractivity contribution is 6.16. The molecule has 4 fully saturated rings. The summed E-state index contributed by atoms with van der Waals surface area (Å²) in [4.78, 5) is 34.4. The zero-order valence-corrected chi connectivity index (χ0v) is 30.6. The Hall–Kier alpha value is -4.66. The van der Waals surface area contributed by atoms with Gasteiger partial charge in [-0.25, -0.2) is 18.0 Å². The van der Waals surface area contributed by atoms with Crippen LogP contribution in [-0.2, 0) is 11.8 Å². The van der Waals surface area contributed by atoms with E-state index in [4.69, 9.17) is 24.4 Å². The molecule has 4 aliphatic heterocycles. The van der Waals surface area contributed by atoms with E-state index in [2.05, 4.69) is 20.0 Å². The lowest BCUT2D eigenvalue weighted by molar-refractivity contribution is 0.0122. The lowest BCUT2D eigenvalue weighted by Gasteiger charge is -2.42. The van der Waals surface area contributed by atoms with Crippen molar-refractivity contribution in [2.75, 3.05) is 37.7 Å². The van der Waals surface area contributed by atoms with Gasteiger partial charge in [-0.3, -0.25) is 19.9 Å². The van der Waals surface area contributed by atoms with Crippen molar-refractivity contribution in [2.24, 2.45) is 7.05 Å². The number of benzene rings is 1. The first-order valence-corrected chi connectivity index (χ1v) is 18.5. The third-order valence-electron chi connectivity index (χ3n) is 11.8. The molecule has 4 saturated heterocycles. The van der Waals surface area contributed by atoms with Gasteiger partial charge < -0.3 is 18.9 Å². The van der Waals surface area contributed by atoms with Crippen LogP contribution >= 0.6 is 0 Å². The number of hydrogen-bond donors (Lipinski definition) is 1. The molecule has 0 radical (unpaired) electrons. The maximum atomic E-state index is 14.9. The Labute approximate surface area is 304 Å². The molecule has 1 amide bonds. The molecule has 8 heterocycles. The normalized spacial score (nSPS) is 24.7. The maximum absolute atomic E-state index is 14.9. The van der Waals surface area contributed by atoms with Crippen LogP contribution in [-0.4, -0.2) is 108 Å². The predicted molar refractivity (Wildman–Crippen MR) is 194 cm³/mol. The lowest BCUT2D eigenvalue weighted by Crippen LogP contribution is -2.57. The van der Waals surface area contributed by atoms with E-state index in [0.29, 0.717) is 70.8 Å².